The number of halogens is 1. The van der Waals surface area contributed by atoms with Gasteiger partial charge in [-0.15, -0.1) is 0 Å². The first-order chi connectivity index (χ1) is 16.7. The van der Waals surface area contributed by atoms with Gasteiger partial charge in [0.2, 0.25) is 21.7 Å². The lowest BCUT2D eigenvalue weighted by Gasteiger charge is -2.33. The number of carbonyl (C=O) groups is 1. The number of ether oxygens (including phenoxy) is 4. The highest BCUT2D eigenvalue weighted by molar-refractivity contribution is 7.89. The van der Waals surface area contributed by atoms with E-state index in [1.165, 1.54) is 44.9 Å². The molecular weight excluding hydrogens is 496 g/mol. The number of nitrogens with zero attached hydrogens (tertiary/aromatic N) is 2. The lowest BCUT2D eigenvalue weighted by atomic mass is 9.98. The molecule has 1 aliphatic rings. The molecule has 0 bridgehead atoms. The summed E-state index contributed by atoms with van der Waals surface area (Å²) in [5, 5.41) is 0.291. The van der Waals surface area contributed by atoms with Gasteiger partial charge in [-0.25, -0.2) is 8.42 Å². The molecule has 9 nitrogen and oxygen atoms in total. The molecule has 0 aromatic heterocycles. The summed E-state index contributed by atoms with van der Waals surface area (Å²) in [7, 11) is 3.79. The van der Waals surface area contributed by atoms with E-state index >= 15 is 0 Å². The zero-order chi connectivity index (χ0) is 25.8. The standard InChI is InChI=1S/C24H31ClN2O7S/c1-26(14-16-11-20(32-3)23(34-5)21(12-16)33-4)24(28)17-7-6-10-27(15-17)35(29,30)22-13-18(25)8-9-19(22)31-2/h8-9,11-13,17H,6-7,10,14-15H2,1-5H3/t17-/m1/s1. The SMILES string of the molecule is COc1ccc(Cl)cc1S(=O)(=O)N1CCC[C@@H](C(=O)N(C)Cc2cc(OC)c(OC)c(OC)c2)C1. The normalized spacial score (nSPS) is 16.5. The number of benzene rings is 2. The molecule has 1 amide bonds. The van der Waals surface area contributed by atoms with Crippen molar-refractivity contribution < 1.29 is 32.2 Å². The molecule has 35 heavy (non-hydrogen) atoms. The maximum atomic E-state index is 13.4. The van der Waals surface area contributed by atoms with Gasteiger partial charge in [0.15, 0.2) is 11.5 Å². The molecule has 0 N–H and O–H groups in total. The predicted octanol–water partition coefficient (Wildman–Crippen LogP) is 3.43. The topological polar surface area (TPSA) is 94.6 Å². The van der Waals surface area contributed by atoms with Gasteiger partial charge in [-0.1, -0.05) is 11.6 Å². The van der Waals surface area contributed by atoms with Crippen molar-refractivity contribution in [2.24, 2.45) is 5.92 Å². The van der Waals surface area contributed by atoms with E-state index in [-0.39, 0.29) is 23.1 Å². The fourth-order valence-corrected chi connectivity index (χ4v) is 6.19. The maximum Gasteiger partial charge on any atom is 0.246 e. The van der Waals surface area contributed by atoms with Crippen LogP contribution in [0.15, 0.2) is 35.2 Å². The number of sulfonamides is 1. The monoisotopic (exact) mass is 526 g/mol. The number of carbonyl (C=O) groups excluding carboxylic acids is 1. The summed E-state index contributed by atoms with van der Waals surface area (Å²) in [6.07, 6.45) is 1.16. The third kappa shape index (κ3) is 5.76. The van der Waals surface area contributed by atoms with E-state index < -0.39 is 15.9 Å². The van der Waals surface area contributed by atoms with Crippen molar-refractivity contribution in [1.29, 1.82) is 0 Å². The highest BCUT2D eigenvalue weighted by Gasteiger charge is 2.36. The Morgan fingerprint density at radius 2 is 1.66 bits per heavy atom. The van der Waals surface area contributed by atoms with Gasteiger partial charge in [-0.05, 0) is 48.7 Å². The molecule has 2 aromatic carbocycles. The largest absolute Gasteiger partial charge is 0.495 e. The molecule has 1 aliphatic heterocycles. The average Bonchev–Trinajstić information content (AvgIpc) is 2.87. The first-order valence-electron chi connectivity index (χ1n) is 11.0. The van der Waals surface area contributed by atoms with Crippen molar-refractivity contribution in [3.8, 4) is 23.0 Å². The van der Waals surface area contributed by atoms with Gasteiger partial charge in [0.05, 0.1) is 34.4 Å². The van der Waals surface area contributed by atoms with Crippen LogP contribution in [-0.2, 0) is 21.4 Å². The van der Waals surface area contributed by atoms with Crippen LogP contribution < -0.4 is 18.9 Å². The molecule has 0 aliphatic carbocycles. The molecule has 11 heteroatoms. The summed E-state index contributed by atoms with van der Waals surface area (Å²) in [6, 6.07) is 8.03. The van der Waals surface area contributed by atoms with Gasteiger partial charge in [0, 0.05) is 31.7 Å². The minimum atomic E-state index is -3.90. The van der Waals surface area contributed by atoms with Gasteiger partial charge < -0.3 is 23.8 Å². The van der Waals surface area contributed by atoms with Crippen molar-refractivity contribution in [3.63, 3.8) is 0 Å². The minimum absolute atomic E-state index is 0.00798. The molecule has 1 atom stereocenters. The lowest BCUT2D eigenvalue weighted by Crippen LogP contribution is -2.45. The smallest absolute Gasteiger partial charge is 0.246 e. The average molecular weight is 527 g/mol. The van der Waals surface area contributed by atoms with E-state index in [1.807, 2.05) is 0 Å². The Balaban J connectivity index is 1.78. The van der Waals surface area contributed by atoms with Crippen LogP contribution in [0.3, 0.4) is 0 Å². The summed E-state index contributed by atoms with van der Waals surface area (Å²) < 4.78 is 49.5. The molecule has 0 saturated carbocycles. The van der Waals surface area contributed by atoms with Crippen molar-refractivity contribution in [2.45, 2.75) is 24.3 Å². The van der Waals surface area contributed by atoms with E-state index in [1.54, 1.807) is 30.1 Å². The van der Waals surface area contributed by atoms with Crippen molar-refractivity contribution in [2.75, 3.05) is 48.6 Å². The van der Waals surface area contributed by atoms with Crippen molar-refractivity contribution >= 4 is 27.5 Å². The fraction of sp³-hybridized carbons (Fsp3) is 0.458. The van der Waals surface area contributed by atoms with E-state index in [9.17, 15) is 13.2 Å². The first-order valence-corrected chi connectivity index (χ1v) is 12.9. The van der Waals surface area contributed by atoms with E-state index in [4.69, 9.17) is 30.5 Å². The van der Waals surface area contributed by atoms with Crippen LogP contribution in [0.1, 0.15) is 18.4 Å². The molecule has 0 radical (unpaired) electrons. The molecule has 192 valence electrons. The van der Waals surface area contributed by atoms with Crippen LogP contribution in [0.2, 0.25) is 5.02 Å². The third-order valence-electron chi connectivity index (χ3n) is 6.00. The summed E-state index contributed by atoms with van der Waals surface area (Å²) in [4.78, 5) is 14.9. The second-order valence-electron chi connectivity index (χ2n) is 8.23. The molecule has 0 unspecified atom stereocenters. The number of hydrogen-bond acceptors (Lipinski definition) is 7. The van der Waals surface area contributed by atoms with Crippen LogP contribution in [0.5, 0.6) is 23.0 Å². The third-order valence-corrected chi connectivity index (χ3v) is 8.12. The number of hydrogen-bond donors (Lipinski definition) is 0. The molecule has 2 aromatic rings. The second-order valence-corrected chi connectivity index (χ2v) is 10.6. The molecule has 3 rings (SSSR count). The van der Waals surface area contributed by atoms with Crippen LogP contribution in [0.4, 0.5) is 0 Å². The van der Waals surface area contributed by atoms with Gasteiger partial charge in [-0.3, -0.25) is 4.79 Å². The predicted molar refractivity (Wildman–Crippen MR) is 132 cm³/mol. The highest BCUT2D eigenvalue weighted by Crippen LogP contribution is 2.38. The van der Waals surface area contributed by atoms with Crippen LogP contribution in [0, 0.1) is 5.92 Å². The molecule has 1 fully saturated rings. The Kier molecular flexibility index (Phi) is 8.74. The van der Waals surface area contributed by atoms with Crippen LogP contribution >= 0.6 is 11.6 Å². The van der Waals surface area contributed by atoms with E-state index in [2.05, 4.69) is 0 Å². The van der Waals surface area contributed by atoms with Gasteiger partial charge in [0.25, 0.3) is 0 Å². The van der Waals surface area contributed by atoms with Gasteiger partial charge >= 0.3 is 0 Å². The molecule has 1 saturated heterocycles. The summed E-state index contributed by atoms with van der Waals surface area (Å²) in [6.45, 7) is 0.690. The molecule has 0 spiro atoms. The zero-order valence-electron chi connectivity index (χ0n) is 20.5. The quantitative estimate of drug-likeness (QED) is 0.494. The maximum absolute atomic E-state index is 13.4. The Hall–Kier alpha value is -2.69. The van der Waals surface area contributed by atoms with Gasteiger partial charge in [0.1, 0.15) is 10.6 Å². The second kappa shape index (κ2) is 11.4. The van der Waals surface area contributed by atoms with Gasteiger partial charge in [-0.2, -0.15) is 4.31 Å². The zero-order valence-corrected chi connectivity index (χ0v) is 22.1. The number of amides is 1. The number of piperidine rings is 1. The Labute approximate surface area is 211 Å². The molecule has 1 heterocycles. The number of methoxy groups -OCH3 is 4. The van der Waals surface area contributed by atoms with Crippen LogP contribution in [-0.4, -0.2) is 72.1 Å². The summed E-state index contributed by atoms with van der Waals surface area (Å²) in [5.41, 5.74) is 0.791. The fourth-order valence-electron chi connectivity index (χ4n) is 4.24. The summed E-state index contributed by atoms with van der Waals surface area (Å²) >= 11 is 6.05. The minimum Gasteiger partial charge on any atom is -0.495 e. The number of rotatable bonds is 9. The molecular formula is C24H31ClN2O7S. The van der Waals surface area contributed by atoms with Crippen LogP contribution in [0.25, 0.3) is 0 Å². The Bertz CT molecular complexity index is 1150. The lowest BCUT2D eigenvalue weighted by molar-refractivity contribution is -0.135. The van der Waals surface area contributed by atoms with Crippen molar-refractivity contribution in [3.05, 3.63) is 40.9 Å². The van der Waals surface area contributed by atoms with E-state index in [0.717, 1.165) is 5.56 Å². The Morgan fingerprint density at radius 3 is 2.23 bits per heavy atom. The summed E-state index contributed by atoms with van der Waals surface area (Å²) in [5.74, 6) is 1.05. The first kappa shape index (κ1) is 26.9. The Morgan fingerprint density at radius 1 is 1.03 bits per heavy atom. The highest BCUT2D eigenvalue weighted by atomic mass is 35.5. The van der Waals surface area contributed by atoms with E-state index in [0.29, 0.717) is 48.2 Å². The van der Waals surface area contributed by atoms with Crippen molar-refractivity contribution in [1.82, 2.24) is 9.21 Å².